The van der Waals surface area contributed by atoms with Gasteiger partial charge in [0.05, 0.1) is 25.6 Å². The number of aromatic nitrogens is 4. The SMILES string of the molecule is COCOC[C@@H]1[C@@H](COCOC)C=C[C@H]1n1cnc2c(Cl)ncnc21. The van der Waals surface area contributed by atoms with Crippen molar-refractivity contribution in [2.45, 2.75) is 6.04 Å². The van der Waals surface area contributed by atoms with Gasteiger partial charge in [0.15, 0.2) is 10.8 Å². The summed E-state index contributed by atoms with van der Waals surface area (Å²) in [6.45, 7) is 1.57. The van der Waals surface area contributed by atoms with Crippen molar-refractivity contribution in [2.75, 3.05) is 41.0 Å². The van der Waals surface area contributed by atoms with E-state index in [0.717, 1.165) is 0 Å². The van der Waals surface area contributed by atoms with Gasteiger partial charge in [0, 0.05) is 26.1 Å². The van der Waals surface area contributed by atoms with Crippen molar-refractivity contribution in [3.05, 3.63) is 30.0 Å². The van der Waals surface area contributed by atoms with Crippen LogP contribution < -0.4 is 0 Å². The van der Waals surface area contributed by atoms with E-state index in [1.807, 2.05) is 4.57 Å². The van der Waals surface area contributed by atoms with Crippen LogP contribution in [0.5, 0.6) is 0 Å². The molecular weight excluding hydrogens is 348 g/mol. The maximum absolute atomic E-state index is 6.11. The highest BCUT2D eigenvalue weighted by molar-refractivity contribution is 6.33. The van der Waals surface area contributed by atoms with Gasteiger partial charge in [-0.15, -0.1) is 0 Å². The lowest BCUT2D eigenvalue weighted by atomic mass is 9.93. The maximum atomic E-state index is 6.11. The Morgan fingerprint density at radius 3 is 2.56 bits per heavy atom. The van der Waals surface area contributed by atoms with E-state index in [-0.39, 0.29) is 31.5 Å². The highest BCUT2D eigenvalue weighted by Gasteiger charge is 2.34. The highest BCUT2D eigenvalue weighted by Crippen LogP contribution is 2.37. The number of methoxy groups -OCH3 is 2. The molecule has 136 valence electrons. The van der Waals surface area contributed by atoms with Crippen LogP contribution in [0.1, 0.15) is 6.04 Å². The first-order valence-corrected chi connectivity index (χ1v) is 8.28. The van der Waals surface area contributed by atoms with E-state index in [2.05, 4.69) is 27.1 Å². The number of fused-ring (bicyclic) bond motifs is 1. The molecule has 0 saturated carbocycles. The molecule has 0 aromatic carbocycles. The minimum absolute atomic E-state index is 0.0315. The molecule has 2 aromatic rings. The second-order valence-electron chi connectivity index (χ2n) is 5.75. The van der Waals surface area contributed by atoms with E-state index in [0.29, 0.717) is 29.5 Å². The number of allylic oxidation sites excluding steroid dienone is 1. The summed E-state index contributed by atoms with van der Waals surface area (Å²) >= 11 is 6.11. The van der Waals surface area contributed by atoms with Crippen molar-refractivity contribution < 1.29 is 18.9 Å². The largest absolute Gasteiger partial charge is 0.359 e. The van der Waals surface area contributed by atoms with Crippen molar-refractivity contribution in [3.63, 3.8) is 0 Å². The molecule has 25 heavy (non-hydrogen) atoms. The molecule has 0 amide bonds. The fourth-order valence-electron chi connectivity index (χ4n) is 3.07. The van der Waals surface area contributed by atoms with Crippen LogP contribution in [0.4, 0.5) is 0 Å². The number of rotatable bonds is 9. The van der Waals surface area contributed by atoms with Crippen LogP contribution in [0.25, 0.3) is 11.2 Å². The molecule has 0 aliphatic heterocycles. The fourth-order valence-corrected chi connectivity index (χ4v) is 3.25. The molecule has 0 radical (unpaired) electrons. The molecule has 1 aliphatic rings. The topological polar surface area (TPSA) is 80.5 Å². The molecule has 2 heterocycles. The predicted molar refractivity (Wildman–Crippen MR) is 91.1 cm³/mol. The van der Waals surface area contributed by atoms with Crippen LogP contribution in [-0.4, -0.2) is 60.5 Å². The standard InChI is InChI=1S/C16H21ClN4O4/c1-22-9-24-5-11-3-4-13(12(11)6-25-10-23-2)21-8-20-14-15(17)18-7-19-16(14)21/h3-4,7-8,11-13H,5-6,9-10H2,1-2H3/t11-,12-,13-/m1/s1. The van der Waals surface area contributed by atoms with Gasteiger partial charge in [-0.05, 0) is 0 Å². The summed E-state index contributed by atoms with van der Waals surface area (Å²) in [6.07, 6.45) is 7.44. The first-order chi connectivity index (χ1) is 12.3. The highest BCUT2D eigenvalue weighted by atomic mass is 35.5. The van der Waals surface area contributed by atoms with Crippen LogP contribution >= 0.6 is 11.6 Å². The van der Waals surface area contributed by atoms with Gasteiger partial charge in [0.1, 0.15) is 25.4 Å². The van der Waals surface area contributed by atoms with Crippen LogP contribution in [0, 0.1) is 11.8 Å². The van der Waals surface area contributed by atoms with Crippen molar-refractivity contribution >= 4 is 22.8 Å². The van der Waals surface area contributed by atoms with Gasteiger partial charge in [-0.1, -0.05) is 23.8 Å². The van der Waals surface area contributed by atoms with E-state index in [9.17, 15) is 0 Å². The Kier molecular flexibility index (Phi) is 6.33. The van der Waals surface area contributed by atoms with Gasteiger partial charge in [0.2, 0.25) is 0 Å². The number of imidazole rings is 1. The molecule has 1 aliphatic carbocycles. The third-order valence-electron chi connectivity index (χ3n) is 4.20. The summed E-state index contributed by atoms with van der Waals surface area (Å²) in [7, 11) is 3.21. The van der Waals surface area contributed by atoms with Crippen LogP contribution in [0.3, 0.4) is 0 Å². The lowest BCUT2D eigenvalue weighted by Gasteiger charge is -2.26. The van der Waals surface area contributed by atoms with Gasteiger partial charge in [-0.2, -0.15) is 0 Å². The third-order valence-corrected chi connectivity index (χ3v) is 4.48. The first kappa shape index (κ1) is 18.2. The Hall–Kier alpha value is -1.58. The molecule has 2 aromatic heterocycles. The van der Waals surface area contributed by atoms with Crippen molar-refractivity contribution in [2.24, 2.45) is 11.8 Å². The second kappa shape index (κ2) is 8.68. The third kappa shape index (κ3) is 3.99. The minimum Gasteiger partial charge on any atom is -0.359 e. The Balaban J connectivity index is 1.82. The lowest BCUT2D eigenvalue weighted by Crippen LogP contribution is -2.27. The predicted octanol–water partition coefficient (Wildman–Crippen LogP) is 2.06. The Morgan fingerprint density at radius 2 is 1.80 bits per heavy atom. The monoisotopic (exact) mass is 368 g/mol. The number of hydrogen-bond acceptors (Lipinski definition) is 7. The van der Waals surface area contributed by atoms with Crippen molar-refractivity contribution in [1.29, 1.82) is 0 Å². The fraction of sp³-hybridized carbons (Fsp3) is 0.562. The van der Waals surface area contributed by atoms with Gasteiger partial charge in [-0.3, -0.25) is 0 Å². The molecule has 3 atom stereocenters. The normalized spacial score (nSPS) is 22.9. The molecule has 0 saturated heterocycles. The maximum Gasteiger partial charge on any atom is 0.165 e. The van der Waals surface area contributed by atoms with E-state index < -0.39 is 0 Å². The van der Waals surface area contributed by atoms with Crippen molar-refractivity contribution in [1.82, 2.24) is 19.5 Å². The molecule has 0 N–H and O–H groups in total. The number of nitrogens with zero attached hydrogens (tertiary/aromatic N) is 4. The van der Waals surface area contributed by atoms with E-state index in [4.69, 9.17) is 30.5 Å². The molecule has 0 bridgehead atoms. The molecule has 0 fully saturated rings. The van der Waals surface area contributed by atoms with Gasteiger partial charge in [-0.25, -0.2) is 15.0 Å². The Bertz CT molecular complexity index is 723. The zero-order chi connectivity index (χ0) is 17.6. The van der Waals surface area contributed by atoms with Gasteiger partial charge in [0.25, 0.3) is 0 Å². The van der Waals surface area contributed by atoms with E-state index in [1.165, 1.54) is 6.33 Å². The van der Waals surface area contributed by atoms with Crippen LogP contribution in [0.2, 0.25) is 5.15 Å². The molecule has 3 rings (SSSR count). The summed E-state index contributed by atoms with van der Waals surface area (Å²) < 4.78 is 23.1. The lowest BCUT2D eigenvalue weighted by molar-refractivity contribution is -0.0696. The van der Waals surface area contributed by atoms with Crippen LogP contribution in [-0.2, 0) is 18.9 Å². The Labute approximate surface area is 150 Å². The molecule has 0 spiro atoms. The average molecular weight is 369 g/mol. The van der Waals surface area contributed by atoms with E-state index >= 15 is 0 Å². The minimum atomic E-state index is 0.0315. The summed E-state index contributed by atoms with van der Waals surface area (Å²) in [5.41, 5.74) is 1.29. The summed E-state index contributed by atoms with van der Waals surface area (Å²) in [5.74, 6) is 0.338. The van der Waals surface area contributed by atoms with Crippen LogP contribution in [0.15, 0.2) is 24.8 Å². The zero-order valence-electron chi connectivity index (χ0n) is 14.2. The number of halogens is 1. The van der Waals surface area contributed by atoms with Gasteiger partial charge < -0.3 is 23.5 Å². The zero-order valence-corrected chi connectivity index (χ0v) is 14.9. The summed E-state index contributed by atoms with van der Waals surface area (Å²) in [6, 6.07) is 0.0315. The number of ether oxygens (including phenoxy) is 4. The van der Waals surface area contributed by atoms with Crippen molar-refractivity contribution in [3.8, 4) is 0 Å². The molecular formula is C16H21ClN4O4. The first-order valence-electron chi connectivity index (χ1n) is 7.91. The smallest absolute Gasteiger partial charge is 0.165 e. The number of hydrogen-bond donors (Lipinski definition) is 0. The quantitative estimate of drug-likeness (QED) is 0.290. The molecule has 8 nitrogen and oxygen atoms in total. The van der Waals surface area contributed by atoms with E-state index in [1.54, 1.807) is 20.5 Å². The Morgan fingerprint density at radius 1 is 1.04 bits per heavy atom. The summed E-state index contributed by atoms with van der Waals surface area (Å²) in [4.78, 5) is 12.7. The molecule has 0 unspecified atom stereocenters. The average Bonchev–Trinajstić information content (AvgIpc) is 3.20. The summed E-state index contributed by atoms with van der Waals surface area (Å²) in [5, 5.41) is 0.345. The van der Waals surface area contributed by atoms with Gasteiger partial charge >= 0.3 is 0 Å². The second-order valence-corrected chi connectivity index (χ2v) is 6.10. The molecule has 9 heteroatoms.